The third-order valence-corrected chi connectivity index (χ3v) is 2.26. The molecule has 0 N–H and O–H groups in total. The maximum Gasteiger partial charge on any atom is 0.163 e. The molecular weight excluding hydrogens is 224 g/mol. The predicted octanol–water partition coefficient (Wildman–Crippen LogP) is 3.94. The van der Waals surface area contributed by atoms with Crippen molar-refractivity contribution in [1.29, 1.82) is 0 Å². The van der Waals surface area contributed by atoms with Crippen molar-refractivity contribution in [2.24, 2.45) is 0 Å². The molecule has 0 unspecified atom stereocenters. The number of rotatable bonds is 9. The van der Waals surface area contributed by atoms with Crippen LogP contribution in [0.15, 0.2) is 42.2 Å². The topological polar surface area (TPSA) is 34.1 Å². The number of hydrogen-bond donors (Lipinski definition) is 0. The quantitative estimate of drug-likeness (QED) is 0.267. The molecule has 0 fully saturated rings. The van der Waals surface area contributed by atoms with Crippen LogP contribution in [0.3, 0.4) is 0 Å². The SMILES string of the molecule is CC/C=C/CCC(=O)C/C=C/C=C=CC(=O)CC. The molecule has 2 heteroatoms. The van der Waals surface area contributed by atoms with Crippen LogP contribution in [-0.2, 0) is 9.59 Å². The zero-order chi connectivity index (χ0) is 13.6. The van der Waals surface area contributed by atoms with Gasteiger partial charge in [-0.1, -0.05) is 38.2 Å². The van der Waals surface area contributed by atoms with Crippen molar-refractivity contribution in [3.8, 4) is 0 Å². The molecule has 0 radical (unpaired) electrons. The molecule has 0 aromatic rings. The average Bonchev–Trinajstić information content (AvgIpc) is 2.38. The molecule has 98 valence electrons. The van der Waals surface area contributed by atoms with Crippen LogP contribution < -0.4 is 0 Å². The molecule has 0 bridgehead atoms. The van der Waals surface area contributed by atoms with E-state index in [9.17, 15) is 9.59 Å². The Morgan fingerprint density at radius 3 is 2.56 bits per heavy atom. The second kappa shape index (κ2) is 11.8. The molecular formula is C16H22O2. The average molecular weight is 246 g/mol. The van der Waals surface area contributed by atoms with Crippen molar-refractivity contribution in [1.82, 2.24) is 0 Å². The molecule has 0 aromatic carbocycles. The summed E-state index contributed by atoms with van der Waals surface area (Å²) in [4.78, 5) is 22.3. The van der Waals surface area contributed by atoms with E-state index in [0.29, 0.717) is 19.3 Å². The summed E-state index contributed by atoms with van der Waals surface area (Å²) in [7, 11) is 0. The minimum absolute atomic E-state index is 0.0541. The van der Waals surface area contributed by atoms with Crippen molar-refractivity contribution < 1.29 is 9.59 Å². The van der Waals surface area contributed by atoms with Gasteiger partial charge < -0.3 is 0 Å². The van der Waals surface area contributed by atoms with E-state index in [-0.39, 0.29) is 11.6 Å². The molecule has 0 atom stereocenters. The van der Waals surface area contributed by atoms with Crippen molar-refractivity contribution in [3.63, 3.8) is 0 Å². The highest BCUT2D eigenvalue weighted by molar-refractivity contribution is 5.89. The fraction of sp³-hybridized carbons (Fsp3) is 0.438. The van der Waals surface area contributed by atoms with E-state index in [1.807, 2.05) is 13.0 Å². The largest absolute Gasteiger partial charge is 0.299 e. The van der Waals surface area contributed by atoms with Crippen molar-refractivity contribution in [3.05, 3.63) is 42.2 Å². The lowest BCUT2D eigenvalue weighted by Crippen LogP contribution is -1.93. The van der Waals surface area contributed by atoms with E-state index < -0.39 is 0 Å². The Hall–Kier alpha value is -1.66. The first-order valence-corrected chi connectivity index (χ1v) is 6.47. The minimum Gasteiger partial charge on any atom is -0.299 e. The minimum atomic E-state index is 0.0541. The molecule has 18 heavy (non-hydrogen) atoms. The van der Waals surface area contributed by atoms with E-state index in [1.54, 1.807) is 18.2 Å². The van der Waals surface area contributed by atoms with E-state index >= 15 is 0 Å². The first-order chi connectivity index (χ1) is 8.70. The number of ketones is 2. The molecule has 0 aliphatic rings. The third-order valence-electron chi connectivity index (χ3n) is 2.26. The molecule has 0 spiro atoms. The molecule has 0 rings (SSSR count). The van der Waals surface area contributed by atoms with Crippen LogP contribution in [0.25, 0.3) is 0 Å². The summed E-state index contributed by atoms with van der Waals surface area (Å²) in [6.07, 6.45) is 14.1. The van der Waals surface area contributed by atoms with Crippen LogP contribution in [0.1, 0.15) is 46.0 Å². The van der Waals surface area contributed by atoms with Crippen LogP contribution in [0.4, 0.5) is 0 Å². The van der Waals surface area contributed by atoms with Gasteiger partial charge in [0.25, 0.3) is 0 Å². The van der Waals surface area contributed by atoms with Gasteiger partial charge in [-0.25, -0.2) is 0 Å². The number of allylic oxidation sites excluding steroid dienone is 5. The Bertz CT molecular complexity index is 367. The lowest BCUT2D eigenvalue weighted by Gasteiger charge is -1.92. The maximum absolute atomic E-state index is 11.4. The van der Waals surface area contributed by atoms with Gasteiger partial charge in [-0.2, -0.15) is 0 Å². The van der Waals surface area contributed by atoms with E-state index in [1.165, 1.54) is 6.08 Å². The Labute approximate surface area is 110 Å². The highest BCUT2D eigenvalue weighted by atomic mass is 16.1. The monoisotopic (exact) mass is 246 g/mol. The molecule has 0 aliphatic heterocycles. The summed E-state index contributed by atoms with van der Waals surface area (Å²) in [5.41, 5.74) is 2.76. The second-order valence-electron chi connectivity index (χ2n) is 3.89. The molecule has 0 saturated heterocycles. The zero-order valence-corrected chi connectivity index (χ0v) is 11.3. The molecule has 0 aromatic heterocycles. The highest BCUT2D eigenvalue weighted by Gasteiger charge is 1.95. The van der Waals surface area contributed by atoms with Gasteiger partial charge in [0.1, 0.15) is 5.78 Å². The van der Waals surface area contributed by atoms with E-state index in [2.05, 4.69) is 18.7 Å². The van der Waals surface area contributed by atoms with Gasteiger partial charge in [0.2, 0.25) is 0 Å². The van der Waals surface area contributed by atoms with E-state index in [4.69, 9.17) is 0 Å². The summed E-state index contributed by atoms with van der Waals surface area (Å²) in [6, 6.07) is 0. The normalized spacial score (nSPS) is 10.6. The van der Waals surface area contributed by atoms with Crippen molar-refractivity contribution >= 4 is 11.6 Å². The maximum atomic E-state index is 11.4. The fourth-order valence-electron chi connectivity index (χ4n) is 1.20. The Balaban J connectivity index is 3.81. The number of Topliss-reactive ketones (excluding diaryl/α,β-unsaturated/α-hetero) is 1. The zero-order valence-electron chi connectivity index (χ0n) is 11.3. The van der Waals surface area contributed by atoms with Gasteiger partial charge in [0.15, 0.2) is 5.78 Å². The van der Waals surface area contributed by atoms with Gasteiger partial charge >= 0.3 is 0 Å². The van der Waals surface area contributed by atoms with Crippen LogP contribution in [0, 0.1) is 0 Å². The first-order valence-electron chi connectivity index (χ1n) is 6.47. The highest BCUT2D eigenvalue weighted by Crippen LogP contribution is 1.98. The lowest BCUT2D eigenvalue weighted by molar-refractivity contribution is -0.118. The second-order valence-corrected chi connectivity index (χ2v) is 3.89. The third kappa shape index (κ3) is 10.8. The fourth-order valence-corrected chi connectivity index (χ4v) is 1.20. The first kappa shape index (κ1) is 16.3. The van der Waals surface area contributed by atoms with Gasteiger partial charge in [-0.15, -0.1) is 5.73 Å². The Morgan fingerprint density at radius 2 is 1.89 bits per heavy atom. The summed E-state index contributed by atoms with van der Waals surface area (Å²) in [5.74, 6) is 0.285. The van der Waals surface area contributed by atoms with Crippen LogP contribution in [0.2, 0.25) is 0 Å². The predicted molar refractivity (Wildman–Crippen MR) is 75.4 cm³/mol. The molecule has 0 aliphatic carbocycles. The molecule has 0 saturated carbocycles. The summed E-state index contributed by atoms with van der Waals surface area (Å²) >= 11 is 0. The summed E-state index contributed by atoms with van der Waals surface area (Å²) in [6.45, 7) is 3.88. The molecule has 2 nitrogen and oxygen atoms in total. The summed E-state index contributed by atoms with van der Waals surface area (Å²) < 4.78 is 0. The van der Waals surface area contributed by atoms with Gasteiger partial charge in [-0.3, -0.25) is 9.59 Å². The van der Waals surface area contributed by atoms with Crippen LogP contribution in [-0.4, -0.2) is 11.6 Å². The standard InChI is InChI=1S/C16H22O2/c1-3-5-6-9-13-16(18)14-11-8-7-10-12-15(17)4-2/h5-8,11-12H,3-4,9,13-14H2,1-2H3/b6-5+,11-8+. The van der Waals surface area contributed by atoms with Crippen LogP contribution >= 0.6 is 0 Å². The number of hydrogen-bond acceptors (Lipinski definition) is 2. The van der Waals surface area contributed by atoms with Crippen LogP contribution in [0.5, 0.6) is 0 Å². The van der Waals surface area contributed by atoms with E-state index in [0.717, 1.165) is 12.8 Å². The number of carbonyl (C=O) groups excluding carboxylic acids is 2. The molecule has 0 heterocycles. The lowest BCUT2D eigenvalue weighted by atomic mass is 10.1. The molecule has 0 amide bonds. The summed E-state index contributed by atoms with van der Waals surface area (Å²) in [5, 5.41) is 0. The Kier molecular flexibility index (Phi) is 10.7. The van der Waals surface area contributed by atoms with Gasteiger partial charge in [-0.05, 0) is 18.9 Å². The number of carbonyl (C=O) groups is 2. The Morgan fingerprint density at radius 1 is 1.11 bits per heavy atom. The van der Waals surface area contributed by atoms with Gasteiger partial charge in [0, 0.05) is 25.3 Å². The van der Waals surface area contributed by atoms with Gasteiger partial charge in [0.05, 0.1) is 0 Å². The van der Waals surface area contributed by atoms with Crippen molar-refractivity contribution in [2.75, 3.05) is 0 Å². The van der Waals surface area contributed by atoms with Crippen molar-refractivity contribution in [2.45, 2.75) is 46.0 Å². The smallest absolute Gasteiger partial charge is 0.163 e.